The third kappa shape index (κ3) is 1.82. The van der Waals surface area contributed by atoms with Crippen LogP contribution in [0, 0.1) is 11.6 Å². The normalized spacial score (nSPS) is 21.5. The van der Waals surface area contributed by atoms with Gasteiger partial charge in [-0.3, -0.25) is 0 Å². The highest BCUT2D eigenvalue weighted by molar-refractivity contribution is 9.10. The number of fused-ring (bicyclic) bond motifs is 1. The Bertz CT molecular complexity index is 657. The van der Waals surface area contributed by atoms with E-state index in [0.717, 1.165) is 17.5 Å². The summed E-state index contributed by atoms with van der Waals surface area (Å²) in [6.07, 6.45) is 1.24. The molecule has 1 aliphatic carbocycles. The van der Waals surface area contributed by atoms with Gasteiger partial charge in [-0.1, -0.05) is 24.3 Å². The Kier molecular flexibility index (Phi) is 2.95. The maximum absolute atomic E-state index is 14.3. The third-order valence-electron chi connectivity index (χ3n) is 3.78. The van der Waals surface area contributed by atoms with Gasteiger partial charge in [0.15, 0.2) is 0 Å². The Morgan fingerprint density at radius 1 is 1.11 bits per heavy atom. The number of hydrogen-bond donors (Lipinski definition) is 1. The molecule has 0 radical (unpaired) electrons. The molecule has 4 heteroatoms. The van der Waals surface area contributed by atoms with Crippen LogP contribution in [0.4, 0.5) is 8.78 Å². The first-order chi connectivity index (χ1) is 9.04. The molecule has 0 bridgehead atoms. The van der Waals surface area contributed by atoms with Gasteiger partial charge in [0, 0.05) is 5.56 Å². The molecular weight excluding hydrogens is 312 g/mol. The molecular formula is C15H12BrF2N. The van der Waals surface area contributed by atoms with Crippen LogP contribution in [-0.2, 0) is 12.0 Å². The molecule has 19 heavy (non-hydrogen) atoms. The van der Waals surface area contributed by atoms with E-state index in [-0.39, 0.29) is 10.0 Å². The average molecular weight is 324 g/mol. The van der Waals surface area contributed by atoms with Gasteiger partial charge in [0.05, 0.1) is 10.0 Å². The second-order valence-corrected chi connectivity index (χ2v) is 5.70. The van der Waals surface area contributed by atoms with Gasteiger partial charge in [0.2, 0.25) is 0 Å². The summed E-state index contributed by atoms with van der Waals surface area (Å²) in [4.78, 5) is 0. The van der Waals surface area contributed by atoms with Crippen LogP contribution in [0.2, 0.25) is 0 Å². The van der Waals surface area contributed by atoms with Crippen molar-refractivity contribution in [3.05, 3.63) is 69.2 Å². The standard InChI is InChI=1S/C15H12BrF2N/c16-11-5-6-12(17)13(14(11)18)15(19)8-7-9-3-1-2-4-10(9)15/h1-6H,7-8,19H2. The van der Waals surface area contributed by atoms with Crippen molar-refractivity contribution in [2.75, 3.05) is 0 Å². The molecule has 0 aromatic heterocycles. The van der Waals surface area contributed by atoms with Crippen molar-refractivity contribution < 1.29 is 8.78 Å². The van der Waals surface area contributed by atoms with Crippen LogP contribution in [0.25, 0.3) is 0 Å². The lowest BCUT2D eigenvalue weighted by Crippen LogP contribution is -2.37. The predicted molar refractivity (Wildman–Crippen MR) is 73.8 cm³/mol. The zero-order valence-electron chi connectivity index (χ0n) is 10.1. The molecule has 0 spiro atoms. The van der Waals surface area contributed by atoms with Crippen molar-refractivity contribution >= 4 is 15.9 Å². The van der Waals surface area contributed by atoms with Crippen LogP contribution in [0.3, 0.4) is 0 Å². The Hall–Kier alpha value is -1.26. The molecule has 1 unspecified atom stereocenters. The molecule has 2 aromatic rings. The molecule has 1 nitrogen and oxygen atoms in total. The minimum atomic E-state index is -1.09. The van der Waals surface area contributed by atoms with E-state index in [2.05, 4.69) is 15.9 Å². The minimum Gasteiger partial charge on any atom is -0.318 e. The van der Waals surface area contributed by atoms with E-state index in [4.69, 9.17) is 5.73 Å². The number of halogens is 3. The summed E-state index contributed by atoms with van der Waals surface area (Å²) in [7, 11) is 0. The summed E-state index contributed by atoms with van der Waals surface area (Å²) in [5.74, 6) is -1.21. The van der Waals surface area contributed by atoms with E-state index >= 15 is 0 Å². The maximum atomic E-state index is 14.3. The summed E-state index contributed by atoms with van der Waals surface area (Å²) in [5.41, 5.74) is 7.09. The van der Waals surface area contributed by atoms with Gasteiger partial charge < -0.3 is 5.73 Å². The molecule has 2 N–H and O–H groups in total. The Labute approximate surface area is 118 Å². The smallest absolute Gasteiger partial charge is 0.145 e. The molecule has 0 aliphatic heterocycles. The molecule has 0 saturated heterocycles. The van der Waals surface area contributed by atoms with E-state index in [1.54, 1.807) is 0 Å². The first-order valence-electron chi connectivity index (χ1n) is 6.05. The SMILES string of the molecule is NC1(c2c(F)ccc(Br)c2F)CCc2ccccc21. The predicted octanol–water partition coefficient (Wildman–Crippen LogP) is 3.88. The quantitative estimate of drug-likeness (QED) is 0.792. The number of hydrogen-bond acceptors (Lipinski definition) is 1. The lowest BCUT2D eigenvalue weighted by molar-refractivity contribution is 0.451. The van der Waals surface area contributed by atoms with E-state index in [1.807, 2.05) is 24.3 Å². The summed E-state index contributed by atoms with van der Waals surface area (Å²) >= 11 is 3.09. The first-order valence-corrected chi connectivity index (χ1v) is 6.84. The molecule has 1 atom stereocenters. The zero-order valence-corrected chi connectivity index (χ0v) is 11.7. The van der Waals surface area contributed by atoms with Gasteiger partial charge in [0.25, 0.3) is 0 Å². The second kappa shape index (κ2) is 4.39. The number of rotatable bonds is 1. The minimum absolute atomic E-state index is 0.0492. The molecule has 0 heterocycles. The Morgan fingerprint density at radius 2 is 1.84 bits per heavy atom. The molecule has 0 amide bonds. The zero-order chi connectivity index (χ0) is 13.6. The summed E-state index contributed by atoms with van der Waals surface area (Å²) in [6, 6.07) is 10.2. The van der Waals surface area contributed by atoms with Crippen LogP contribution in [-0.4, -0.2) is 0 Å². The highest BCUT2D eigenvalue weighted by Gasteiger charge is 2.40. The maximum Gasteiger partial charge on any atom is 0.145 e. The topological polar surface area (TPSA) is 26.0 Å². The van der Waals surface area contributed by atoms with Gasteiger partial charge in [-0.2, -0.15) is 0 Å². The van der Waals surface area contributed by atoms with Crippen LogP contribution < -0.4 is 5.73 Å². The van der Waals surface area contributed by atoms with Crippen LogP contribution in [0.1, 0.15) is 23.1 Å². The summed E-state index contributed by atoms with van der Waals surface area (Å²) in [5, 5.41) is 0. The van der Waals surface area contributed by atoms with Crippen LogP contribution >= 0.6 is 15.9 Å². The van der Waals surface area contributed by atoms with Gasteiger partial charge in [-0.05, 0) is 52.0 Å². The summed E-state index contributed by atoms with van der Waals surface area (Å²) < 4.78 is 28.6. The first kappa shape index (κ1) is 12.8. The Balaban J connectivity index is 2.26. The summed E-state index contributed by atoms with van der Waals surface area (Å²) in [6.45, 7) is 0. The number of aryl methyl sites for hydroxylation is 1. The fraction of sp³-hybridized carbons (Fsp3) is 0.200. The van der Waals surface area contributed by atoms with E-state index in [9.17, 15) is 8.78 Å². The molecule has 98 valence electrons. The Morgan fingerprint density at radius 3 is 2.63 bits per heavy atom. The lowest BCUT2D eigenvalue weighted by atomic mass is 9.84. The van der Waals surface area contributed by atoms with Crippen molar-refractivity contribution in [3.63, 3.8) is 0 Å². The largest absolute Gasteiger partial charge is 0.318 e. The van der Waals surface area contributed by atoms with Gasteiger partial charge in [-0.15, -0.1) is 0 Å². The lowest BCUT2D eigenvalue weighted by Gasteiger charge is -2.27. The molecule has 2 aromatic carbocycles. The highest BCUT2D eigenvalue weighted by atomic mass is 79.9. The van der Waals surface area contributed by atoms with Crippen molar-refractivity contribution in [2.45, 2.75) is 18.4 Å². The molecule has 0 fully saturated rings. The van der Waals surface area contributed by atoms with E-state index < -0.39 is 17.2 Å². The van der Waals surface area contributed by atoms with Crippen molar-refractivity contribution in [3.8, 4) is 0 Å². The van der Waals surface area contributed by atoms with Crippen LogP contribution in [0.5, 0.6) is 0 Å². The van der Waals surface area contributed by atoms with Crippen molar-refractivity contribution in [1.29, 1.82) is 0 Å². The second-order valence-electron chi connectivity index (χ2n) is 4.85. The highest BCUT2D eigenvalue weighted by Crippen LogP contribution is 2.42. The number of benzene rings is 2. The number of nitrogens with two attached hydrogens (primary N) is 1. The molecule has 3 rings (SSSR count). The van der Waals surface area contributed by atoms with E-state index in [0.29, 0.717) is 6.42 Å². The van der Waals surface area contributed by atoms with Gasteiger partial charge in [0.1, 0.15) is 11.6 Å². The monoisotopic (exact) mass is 323 g/mol. The van der Waals surface area contributed by atoms with Gasteiger partial charge >= 0.3 is 0 Å². The average Bonchev–Trinajstić information content (AvgIpc) is 2.74. The van der Waals surface area contributed by atoms with Gasteiger partial charge in [-0.25, -0.2) is 8.78 Å². The van der Waals surface area contributed by atoms with Crippen LogP contribution in [0.15, 0.2) is 40.9 Å². The fourth-order valence-corrected chi connectivity index (χ4v) is 3.17. The van der Waals surface area contributed by atoms with Crippen molar-refractivity contribution in [2.24, 2.45) is 5.73 Å². The van der Waals surface area contributed by atoms with E-state index in [1.165, 1.54) is 12.1 Å². The molecule has 1 aliphatic rings. The molecule has 0 saturated carbocycles. The third-order valence-corrected chi connectivity index (χ3v) is 4.39. The van der Waals surface area contributed by atoms with Crippen molar-refractivity contribution in [1.82, 2.24) is 0 Å². The fourth-order valence-electron chi connectivity index (χ4n) is 2.84.